The molecular weight excluding hydrogens is 388 g/mol. The molecule has 1 fully saturated rings. The molecule has 0 aliphatic carbocycles. The number of carbonyl (C=O) groups excluding carboxylic acids is 1. The molecule has 5 rings (SSSR count). The highest BCUT2D eigenvalue weighted by molar-refractivity contribution is 7.13. The van der Waals surface area contributed by atoms with Crippen LogP contribution in [0.5, 0.6) is 0 Å². The molecule has 3 aromatic heterocycles. The molecule has 1 saturated heterocycles. The monoisotopic (exact) mass is 406 g/mol. The van der Waals surface area contributed by atoms with Crippen LogP contribution in [0.1, 0.15) is 29.4 Å². The lowest BCUT2D eigenvalue weighted by Crippen LogP contribution is -2.43. The lowest BCUT2D eigenvalue weighted by Gasteiger charge is -2.33. The van der Waals surface area contributed by atoms with Gasteiger partial charge in [-0.2, -0.15) is 0 Å². The summed E-state index contributed by atoms with van der Waals surface area (Å²) in [6.45, 7) is 1.08. The maximum atomic E-state index is 13.0. The zero-order valence-corrected chi connectivity index (χ0v) is 16.3. The van der Waals surface area contributed by atoms with Crippen LogP contribution in [0.25, 0.3) is 21.5 Å². The molecule has 146 valence electrons. The predicted octanol–water partition coefficient (Wildman–Crippen LogP) is 3.59. The lowest BCUT2D eigenvalue weighted by molar-refractivity contribution is 0.0667. The minimum absolute atomic E-state index is 0.0729. The number of amides is 1. The van der Waals surface area contributed by atoms with Crippen molar-refractivity contribution < 1.29 is 9.32 Å². The number of rotatable bonds is 3. The van der Waals surface area contributed by atoms with Crippen LogP contribution in [-0.4, -0.2) is 38.6 Å². The van der Waals surface area contributed by atoms with E-state index in [1.54, 1.807) is 27.9 Å². The van der Waals surface area contributed by atoms with Gasteiger partial charge in [-0.25, -0.2) is 4.98 Å². The predicted molar refractivity (Wildman–Crippen MR) is 110 cm³/mol. The van der Waals surface area contributed by atoms with Crippen LogP contribution in [0.15, 0.2) is 63.5 Å². The molecule has 4 aromatic rings. The summed E-state index contributed by atoms with van der Waals surface area (Å²) in [5, 5.41) is 6.50. The van der Waals surface area contributed by atoms with E-state index in [9.17, 15) is 9.59 Å². The van der Waals surface area contributed by atoms with Crippen molar-refractivity contribution in [3.63, 3.8) is 0 Å². The highest BCUT2D eigenvalue weighted by Gasteiger charge is 2.28. The normalized spacial score (nSPS) is 17.0. The number of carbonyl (C=O) groups is 1. The summed E-state index contributed by atoms with van der Waals surface area (Å²) in [4.78, 5) is 32.9. The van der Waals surface area contributed by atoms with Crippen LogP contribution in [0, 0.1) is 0 Å². The van der Waals surface area contributed by atoms with Gasteiger partial charge in [0.2, 0.25) is 0 Å². The van der Waals surface area contributed by atoms with E-state index in [1.807, 2.05) is 35.7 Å². The molecule has 7 nitrogen and oxygen atoms in total. The maximum Gasteiger partial charge on any atom is 0.276 e. The van der Waals surface area contributed by atoms with Crippen molar-refractivity contribution in [3.8, 4) is 10.6 Å². The van der Waals surface area contributed by atoms with E-state index in [0.717, 1.165) is 17.7 Å². The summed E-state index contributed by atoms with van der Waals surface area (Å²) < 4.78 is 7.00. The number of piperidine rings is 1. The summed E-state index contributed by atoms with van der Waals surface area (Å²) >= 11 is 1.53. The number of para-hydroxylation sites is 1. The molecule has 1 aliphatic heterocycles. The first kappa shape index (κ1) is 17.8. The zero-order valence-electron chi connectivity index (χ0n) is 15.5. The fourth-order valence-corrected chi connectivity index (χ4v) is 4.46. The second-order valence-corrected chi connectivity index (χ2v) is 8.02. The van der Waals surface area contributed by atoms with Gasteiger partial charge in [0.25, 0.3) is 11.5 Å². The van der Waals surface area contributed by atoms with Gasteiger partial charge in [0.15, 0.2) is 11.5 Å². The minimum Gasteiger partial charge on any atom is -0.355 e. The van der Waals surface area contributed by atoms with Crippen molar-refractivity contribution in [2.45, 2.75) is 18.9 Å². The fourth-order valence-electron chi connectivity index (χ4n) is 3.78. The molecule has 4 heterocycles. The van der Waals surface area contributed by atoms with Crippen LogP contribution in [0.2, 0.25) is 0 Å². The van der Waals surface area contributed by atoms with E-state index in [1.165, 1.54) is 11.3 Å². The van der Waals surface area contributed by atoms with E-state index in [4.69, 9.17) is 4.52 Å². The molecule has 1 amide bonds. The van der Waals surface area contributed by atoms with Gasteiger partial charge < -0.3 is 9.42 Å². The third-order valence-corrected chi connectivity index (χ3v) is 6.15. The molecule has 0 radical (unpaired) electrons. The number of nitrogens with zero attached hydrogens (tertiary/aromatic N) is 4. The number of hydrogen-bond acceptors (Lipinski definition) is 6. The summed E-state index contributed by atoms with van der Waals surface area (Å²) in [6, 6.07) is 12.7. The molecule has 0 saturated carbocycles. The Bertz CT molecular complexity index is 1230. The number of fused-ring (bicyclic) bond motifs is 1. The van der Waals surface area contributed by atoms with E-state index < -0.39 is 0 Å². The Morgan fingerprint density at radius 3 is 2.97 bits per heavy atom. The first-order valence-electron chi connectivity index (χ1n) is 9.46. The molecule has 0 N–H and O–H groups in total. The molecule has 29 heavy (non-hydrogen) atoms. The second-order valence-electron chi connectivity index (χ2n) is 7.08. The van der Waals surface area contributed by atoms with E-state index in [0.29, 0.717) is 29.8 Å². The first-order valence-corrected chi connectivity index (χ1v) is 10.3. The molecule has 8 heteroatoms. The Balaban J connectivity index is 1.39. The molecule has 1 atom stereocenters. The summed E-state index contributed by atoms with van der Waals surface area (Å²) in [7, 11) is 0. The molecule has 0 bridgehead atoms. The summed E-state index contributed by atoms with van der Waals surface area (Å²) in [5.41, 5.74) is 0.899. The second kappa shape index (κ2) is 7.29. The molecule has 1 unspecified atom stereocenters. The van der Waals surface area contributed by atoms with Crippen molar-refractivity contribution in [2.75, 3.05) is 13.1 Å². The van der Waals surface area contributed by atoms with Gasteiger partial charge in [-0.05, 0) is 36.4 Å². The van der Waals surface area contributed by atoms with E-state index in [-0.39, 0.29) is 23.2 Å². The van der Waals surface area contributed by atoms with Crippen LogP contribution in [0.3, 0.4) is 0 Å². The van der Waals surface area contributed by atoms with Crippen LogP contribution >= 0.6 is 11.3 Å². The topological polar surface area (TPSA) is 81.2 Å². The smallest absolute Gasteiger partial charge is 0.276 e. The van der Waals surface area contributed by atoms with Crippen LogP contribution < -0.4 is 5.56 Å². The highest BCUT2D eigenvalue weighted by atomic mass is 32.1. The van der Waals surface area contributed by atoms with Crippen LogP contribution in [-0.2, 0) is 0 Å². The Morgan fingerprint density at radius 2 is 2.10 bits per heavy atom. The number of benzene rings is 1. The third kappa shape index (κ3) is 3.25. The summed E-state index contributed by atoms with van der Waals surface area (Å²) in [6.07, 6.45) is 3.22. The van der Waals surface area contributed by atoms with Gasteiger partial charge in [-0.15, -0.1) is 11.3 Å². The third-order valence-electron chi connectivity index (χ3n) is 5.26. The largest absolute Gasteiger partial charge is 0.355 e. The van der Waals surface area contributed by atoms with E-state index >= 15 is 0 Å². The lowest BCUT2D eigenvalue weighted by atomic mass is 10.0. The average molecular weight is 406 g/mol. The Hall–Kier alpha value is -3.26. The standard InChI is InChI=1S/C21H18N4O3S/c26-20-15-6-1-2-7-16(15)22-13-25(20)14-5-3-9-24(12-14)21(27)17-11-18(28-23-17)19-8-4-10-29-19/h1-2,4,6-8,10-11,13-14H,3,5,9,12H2. The van der Waals surface area contributed by atoms with Gasteiger partial charge in [-0.3, -0.25) is 14.2 Å². The fraction of sp³-hybridized carbons (Fsp3) is 0.238. The quantitative estimate of drug-likeness (QED) is 0.519. The summed E-state index contributed by atoms with van der Waals surface area (Å²) in [5.74, 6) is 0.412. The SMILES string of the molecule is O=C(c1cc(-c2cccs2)on1)N1CCCC(n2cnc3ccccc3c2=O)C1. The van der Waals surface area contributed by atoms with Crippen molar-refractivity contribution >= 4 is 28.1 Å². The Labute approximate surface area is 170 Å². The maximum absolute atomic E-state index is 13.0. The van der Waals surface area contributed by atoms with Crippen molar-refractivity contribution in [2.24, 2.45) is 0 Å². The highest BCUT2D eigenvalue weighted by Crippen LogP contribution is 2.27. The minimum atomic E-state index is -0.178. The average Bonchev–Trinajstić information content (AvgIpc) is 3.46. The zero-order chi connectivity index (χ0) is 19.8. The number of likely N-dealkylation sites (tertiary alicyclic amines) is 1. The molecular formula is C21H18N4O3S. The van der Waals surface area contributed by atoms with Gasteiger partial charge in [0.05, 0.1) is 28.1 Å². The van der Waals surface area contributed by atoms with Gasteiger partial charge in [-0.1, -0.05) is 23.4 Å². The van der Waals surface area contributed by atoms with Gasteiger partial charge >= 0.3 is 0 Å². The van der Waals surface area contributed by atoms with Crippen molar-refractivity contribution in [1.29, 1.82) is 0 Å². The van der Waals surface area contributed by atoms with Crippen molar-refractivity contribution in [1.82, 2.24) is 19.6 Å². The number of aromatic nitrogens is 3. The van der Waals surface area contributed by atoms with Crippen molar-refractivity contribution in [3.05, 3.63) is 70.2 Å². The van der Waals surface area contributed by atoms with Gasteiger partial charge in [0, 0.05) is 19.2 Å². The van der Waals surface area contributed by atoms with E-state index in [2.05, 4.69) is 10.1 Å². The molecule has 1 aliphatic rings. The molecule has 0 spiro atoms. The molecule has 1 aromatic carbocycles. The van der Waals surface area contributed by atoms with Crippen LogP contribution in [0.4, 0.5) is 0 Å². The first-order chi connectivity index (χ1) is 14.2. The number of thiophene rings is 1. The Kier molecular flexibility index (Phi) is 4.48. The Morgan fingerprint density at radius 1 is 1.21 bits per heavy atom. The van der Waals surface area contributed by atoms with Gasteiger partial charge in [0.1, 0.15) is 0 Å². The number of hydrogen-bond donors (Lipinski definition) is 0.